The molecule has 0 aromatic heterocycles. The summed E-state index contributed by atoms with van der Waals surface area (Å²) in [5, 5.41) is 8.92. The van der Waals surface area contributed by atoms with Crippen molar-refractivity contribution in [2.24, 2.45) is 0 Å². The maximum absolute atomic E-state index is 12.1. The second-order valence-corrected chi connectivity index (χ2v) is 3.25. The van der Waals surface area contributed by atoms with Crippen LogP contribution in [0.3, 0.4) is 0 Å². The summed E-state index contributed by atoms with van der Waals surface area (Å²) in [5.74, 6) is 0. The van der Waals surface area contributed by atoms with Crippen LogP contribution in [-0.4, -0.2) is 44.3 Å². The molecule has 3 nitrogen and oxygen atoms in total. The number of halogens is 3. The van der Waals surface area contributed by atoms with E-state index in [4.69, 9.17) is 9.84 Å². The van der Waals surface area contributed by atoms with Gasteiger partial charge in [0.15, 0.2) is 6.10 Å². The van der Waals surface area contributed by atoms with Gasteiger partial charge in [-0.05, 0) is 19.3 Å². The van der Waals surface area contributed by atoms with Crippen LogP contribution < -0.4 is 0 Å². The molecule has 0 unspecified atom stereocenters. The van der Waals surface area contributed by atoms with Gasteiger partial charge < -0.3 is 14.6 Å². The zero-order valence-corrected chi connectivity index (χ0v) is 8.88. The molecule has 0 aromatic rings. The predicted molar refractivity (Wildman–Crippen MR) is 48.6 cm³/mol. The van der Waals surface area contributed by atoms with Crippen molar-refractivity contribution in [3.8, 4) is 0 Å². The summed E-state index contributed by atoms with van der Waals surface area (Å²) in [6.07, 6.45) is -6.88. The zero-order valence-electron chi connectivity index (χ0n) is 8.88. The lowest BCUT2D eigenvalue weighted by Crippen LogP contribution is -2.40. The Morgan fingerprint density at radius 2 is 1.80 bits per heavy atom. The van der Waals surface area contributed by atoms with Crippen molar-refractivity contribution in [3.05, 3.63) is 0 Å². The molecule has 0 saturated carbocycles. The highest BCUT2D eigenvalue weighted by molar-refractivity contribution is 4.75. The van der Waals surface area contributed by atoms with E-state index in [2.05, 4.69) is 4.74 Å². The summed E-state index contributed by atoms with van der Waals surface area (Å²) in [6.45, 7) is 0.499. The quantitative estimate of drug-likeness (QED) is 0.677. The Kier molecular flexibility index (Phi) is 6.87. The lowest BCUT2D eigenvalue weighted by molar-refractivity contribution is -0.234. The van der Waals surface area contributed by atoms with Gasteiger partial charge in [-0.1, -0.05) is 0 Å². The first-order valence-corrected chi connectivity index (χ1v) is 4.70. The van der Waals surface area contributed by atoms with Gasteiger partial charge in [0.25, 0.3) is 0 Å². The molecule has 0 bridgehead atoms. The molecule has 0 amide bonds. The number of rotatable bonds is 7. The molecule has 0 rings (SSSR count). The van der Waals surface area contributed by atoms with Crippen LogP contribution >= 0.6 is 0 Å². The second kappa shape index (κ2) is 7.03. The third-order valence-corrected chi connectivity index (χ3v) is 2.08. The molecule has 0 heterocycles. The smallest absolute Gasteiger partial charge is 0.385 e. The van der Waals surface area contributed by atoms with Crippen LogP contribution in [0.1, 0.15) is 19.3 Å². The molecular weight excluding hydrogens is 213 g/mol. The zero-order chi connectivity index (χ0) is 11.9. The van der Waals surface area contributed by atoms with Crippen LogP contribution in [-0.2, 0) is 9.47 Å². The van der Waals surface area contributed by atoms with Crippen molar-refractivity contribution in [1.29, 1.82) is 0 Å². The van der Waals surface area contributed by atoms with Crippen molar-refractivity contribution in [2.45, 2.75) is 37.6 Å². The van der Waals surface area contributed by atoms with E-state index < -0.39 is 18.4 Å². The van der Waals surface area contributed by atoms with E-state index in [1.807, 2.05) is 0 Å². The summed E-state index contributed by atoms with van der Waals surface area (Å²) < 4.78 is 45.7. The lowest BCUT2D eigenvalue weighted by Gasteiger charge is -2.23. The van der Waals surface area contributed by atoms with E-state index in [1.54, 1.807) is 0 Å². The van der Waals surface area contributed by atoms with Gasteiger partial charge in [0, 0.05) is 20.8 Å². The first-order chi connectivity index (χ1) is 6.93. The van der Waals surface area contributed by atoms with Crippen LogP contribution in [0.25, 0.3) is 0 Å². The van der Waals surface area contributed by atoms with Crippen LogP contribution in [0.4, 0.5) is 13.2 Å². The number of aliphatic hydroxyl groups excluding tert-OH is 1. The van der Waals surface area contributed by atoms with Gasteiger partial charge in [-0.3, -0.25) is 0 Å². The molecule has 0 saturated heterocycles. The van der Waals surface area contributed by atoms with Gasteiger partial charge in [0.1, 0.15) is 0 Å². The first-order valence-electron chi connectivity index (χ1n) is 4.70. The van der Waals surface area contributed by atoms with E-state index in [0.29, 0.717) is 19.4 Å². The number of hydrogen-bond donors (Lipinski definition) is 1. The van der Waals surface area contributed by atoms with Crippen LogP contribution in [0.15, 0.2) is 0 Å². The van der Waals surface area contributed by atoms with Gasteiger partial charge in [-0.2, -0.15) is 13.2 Å². The average Bonchev–Trinajstić information content (AvgIpc) is 2.16. The van der Waals surface area contributed by atoms with Crippen LogP contribution in [0.5, 0.6) is 0 Å². The number of unbranched alkanes of at least 4 members (excludes halogenated alkanes) is 1. The Morgan fingerprint density at radius 3 is 2.20 bits per heavy atom. The highest BCUT2D eigenvalue weighted by Gasteiger charge is 2.43. The largest absolute Gasteiger partial charge is 0.416 e. The molecule has 0 aliphatic rings. The Balaban J connectivity index is 3.91. The minimum Gasteiger partial charge on any atom is -0.385 e. The summed E-state index contributed by atoms with van der Waals surface area (Å²) in [4.78, 5) is 0. The highest BCUT2D eigenvalue weighted by atomic mass is 19.4. The Labute approximate surface area is 87.2 Å². The van der Waals surface area contributed by atoms with Gasteiger partial charge in [-0.15, -0.1) is 0 Å². The summed E-state index contributed by atoms with van der Waals surface area (Å²) in [6, 6.07) is 0. The van der Waals surface area contributed by atoms with Crippen molar-refractivity contribution in [2.75, 3.05) is 20.8 Å². The second-order valence-electron chi connectivity index (χ2n) is 3.25. The number of methoxy groups -OCH3 is 2. The topological polar surface area (TPSA) is 38.7 Å². The molecule has 0 spiro atoms. The van der Waals surface area contributed by atoms with Gasteiger partial charge in [-0.25, -0.2) is 0 Å². The van der Waals surface area contributed by atoms with Gasteiger partial charge in [0.2, 0.25) is 0 Å². The molecule has 15 heavy (non-hydrogen) atoms. The minimum atomic E-state index is -4.62. The van der Waals surface area contributed by atoms with Crippen molar-refractivity contribution in [3.63, 3.8) is 0 Å². The van der Waals surface area contributed by atoms with E-state index in [0.717, 1.165) is 7.11 Å². The van der Waals surface area contributed by atoms with Crippen LogP contribution in [0, 0.1) is 0 Å². The summed E-state index contributed by atoms with van der Waals surface area (Å²) in [5.41, 5.74) is 0. The lowest BCUT2D eigenvalue weighted by atomic mass is 10.1. The molecule has 0 aliphatic carbocycles. The van der Waals surface area contributed by atoms with E-state index in [1.165, 1.54) is 7.11 Å². The molecule has 1 N–H and O–H groups in total. The number of aliphatic hydroxyl groups is 1. The number of alkyl halides is 3. The average molecular weight is 230 g/mol. The summed E-state index contributed by atoms with van der Waals surface area (Å²) in [7, 11) is 2.69. The molecule has 6 heteroatoms. The third-order valence-electron chi connectivity index (χ3n) is 2.08. The van der Waals surface area contributed by atoms with Crippen molar-refractivity contribution in [1.82, 2.24) is 0 Å². The molecular formula is C9H17F3O3. The van der Waals surface area contributed by atoms with E-state index in [-0.39, 0.29) is 6.42 Å². The van der Waals surface area contributed by atoms with Crippen molar-refractivity contribution < 1.29 is 27.8 Å². The molecule has 0 fully saturated rings. The monoisotopic (exact) mass is 230 g/mol. The molecule has 0 aliphatic heterocycles. The normalized spacial score (nSPS) is 16.4. The minimum absolute atomic E-state index is 0.167. The molecule has 0 radical (unpaired) electrons. The molecule has 92 valence electrons. The Morgan fingerprint density at radius 1 is 1.20 bits per heavy atom. The fourth-order valence-corrected chi connectivity index (χ4v) is 1.21. The molecule has 0 aromatic carbocycles. The van der Waals surface area contributed by atoms with Crippen LogP contribution in [0.2, 0.25) is 0 Å². The number of hydrogen-bond acceptors (Lipinski definition) is 3. The first kappa shape index (κ1) is 14.7. The maximum Gasteiger partial charge on any atom is 0.416 e. The maximum atomic E-state index is 12.1. The predicted octanol–water partition coefficient (Wildman–Crippen LogP) is 1.74. The standard InChI is InChI=1S/C9H17F3O3/c1-14-6-4-3-5-7(15-2)8(13)9(10,11)12/h7-8,13H,3-6H2,1-2H3/t7-,8-/m1/s1. The van der Waals surface area contributed by atoms with Crippen molar-refractivity contribution >= 4 is 0 Å². The fraction of sp³-hybridized carbons (Fsp3) is 1.00. The fourth-order valence-electron chi connectivity index (χ4n) is 1.21. The third kappa shape index (κ3) is 5.96. The summed E-state index contributed by atoms with van der Waals surface area (Å²) >= 11 is 0. The van der Waals surface area contributed by atoms with E-state index >= 15 is 0 Å². The molecule has 2 atom stereocenters. The SMILES string of the molecule is COCCCC[C@@H](OC)[C@@H](O)C(F)(F)F. The van der Waals surface area contributed by atoms with Gasteiger partial charge in [0.05, 0.1) is 6.10 Å². The Bertz CT molecular complexity index is 161. The highest BCUT2D eigenvalue weighted by Crippen LogP contribution is 2.25. The van der Waals surface area contributed by atoms with E-state index in [9.17, 15) is 13.2 Å². The van der Waals surface area contributed by atoms with Gasteiger partial charge >= 0.3 is 6.18 Å². The Hall–Kier alpha value is -0.330. The number of ether oxygens (including phenoxy) is 2.